The number of Topliss-reactive ketones (excluding diaryl/α,β-unsaturated/α-hetero) is 2. The molecule has 1 amide bonds. The van der Waals surface area contributed by atoms with Crippen LogP contribution in [0, 0.1) is 17.3 Å². The molecule has 2 aromatic carbocycles. The van der Waals surface area contributed by atoms with E-state index in [1.165, 1.54) is 6.07 Å². The molecule has 0 bridgehead atoms. The van der Waals surface area contributed by atoms with Gasteiger partial charge in [0.25, 0.3) is 5.91 Å². The van der Waals surface area contributed by atoms with Crippen LogP contribution in [-0.4, -0.2) is 49.0 Å². The molecule has 1 heterocycles. The topological polar surface area (TPSA) is 66.5 Å². The van der Waals surface area contributed by atoms with Crippen molar-refractivity contribution in [3.05, 3.63) is 63.7 Å². The van der Waals surface area contributed by atoms with Crippen LogP contribution in [0.3, 0.4) is 0 Å². The van der Waals surface area contributed by atoms with E-state index in [1.54, 1.807) is 35.2 Å². The predicted octanol–water partition coefficient (Wildman–Crippen LogP) is 8.94. The highest BCUT2D eigenvalue weighted by Gasteiger charge is 2.43. The number of benzene rings is 2. The molecule has 258 valence electrons. The van der Waals surface area contributed by atoms with Crippen molar-refractivity contribution in [3.63, 3.8) is 0 Å². The van der Waals surface area contributed by atoms with Gasteiger partial charge in [-0.3, -0.25) is 14.4 Å². The molecule has 1 saturated heterocycles. The van der Waals surface area contributed by atoms with Crippen LogP contribution in [0.15, 0.2) is 36.4 Å². The molecule has 2 aliphatic rings. The maximum absolute atomic E-state index is 13.6. The maximum atomic E-state index is 13.6. The Morgan fingerprint density at radius 3 is 1.91 bits per heavy atom. The summed E-state index contributed by atoms with van der Waals surface area (Å²) in [5, 5.41) is 3.07. The highest BCUT2D eigenvalue weighted by molar-refractivity contribution is 6.34. The molecule has 0 aromatic heterocycles. The minimum Gasteiger partial charge on any atom is -0.371 e. The van der Waals surface area contributed by atoms with Crippen molar-refractivity contribution >= 4 is 34.8 Å². The number of carbonyl (C=O) groups excluding carboxylic acids is 3. The van der Waals surface area contributed by atoms with Crippen molar-refractivity contribution in [2.75, 3.05) is 18.0 Å². The summed E-state index contributed by atoms with van der Waals surface area (Å²) in [5.41, 5.74) is 1.58. The quantitative estimate of drug-likeness (QED) is 0.211. The predicted molar refractivity (Wildman–Crippen MR) is 169 cm³/mol. The fourth-order valence-electron chi connectivity index (χ4n) is 6.28. The molecule has 0 atom stereocenters. The number of carbonyl (C=O) groups is 3. The highest BCUT2D eigenvalue weighted by atomic mass is 35.5. The minimum absolute atomic E-state index is 0.0690. The lowest BCUT2D eigenvalue weighted by Crippen LogP contribution is -2.42. The number of amides is 1. The van der Waals surface area contributed by atoms with Crippen LogP contribution >= 0.6 is 11.6 Å². The van der Waals surface area contributed by atoms with Gasteiger partial charge in [-0.1, -0.05) is 44.5 Å². The average molecular weight is 687 g/mol. The first-order valence-corrected chi connectivity index (χ1v) is 16.4. The fourth-order valence-corrected chi connectivity index (χ4v) is 6.50. The van der Waals surface area contributed by atoms with Gasteiger partial charge in [0, 0.05) is 48.6 Å². The molecule has 12 heteroatoms. The summed E-state index contributed by atoms with van der Waals surface area (Å²) in [6.45, 7) is 5.66. The van der Waals surface area contributed by atoms with E-state index < -0.39 is 41.6 Å². The summed E-state index contributed by atoms with van der Waals surface area (Å²) < 4.78 is 79.5. The molecule has 2 aromatic rings. The van der Waals surface area contributed by atoms with Crippen LogP contribution in [0.25, 0.3) is 0 Å². The summed E-state index contributed by atoms with van der Waals surface area (Å²) in [6.07, 6.45) is -8.19. The zero-order valence-electron chi connectivity index (χ0n) is 26.8. The number of alkyl halides is 6. The minimum atomic E-state index is -4.31. The first kappa shape index (κ1) is 36.8. The molecule has 1 aliphatic heterocycles. The molecule has 0 radical (unpaired) electrons. The Balaban J connectivity index is 1.54. The first-order chi connectivity index (χ1) is 21.8. The van der Waals surface area contributed by atoms with Gasteiger partial charge < -0.3 is 10.2 Å². The standard InChI is InChI=1S/C35H41ClF6N2O3/c1-33(2,3)31(46)13-6-21-4-11-28(36)26(18-21)30(45)20-22-5-12-29(44-16-14-24(15-17-44)35(40,41)42)27(19-22)32(47)43-25-9-7-23(8-10-25)34(37,38)39/h4-5,11-12,18-19,23-25H,6-10,13-17,20H2,1-3H3,(H,43,47). The molecule has 1 aliphatic carbocycles. The van der Waals surface area contributed by atoms with Crippen LogP contribution in [0.1, 0.15) is 97.6 Å². The number of nitrogens with zero attached hydrogens (tertiary/aromatic N) is 1. The number of hydrogen-bond donors (Lipinski definition) is 1. The van der Waals surface area contributed by atoms with Gasteiger partial charge in [0.05, 0.1) is 22.4 Å². The van der Waals surface area contributed by atoms with E-state index in [4.69, 9.17) is 11.6 Å². The number of ketones is 2. The summed E-state index contributed by atoms with van der Waals surface area (Å²) in [6, 6.07) is 9.32. The lowest BCUT2D eigenvalue weighted by Gasteiger charge is -2.36. The number of aryl methyl sites for hydroxylation is 1. The van der Waals surface area contributed by atoms with E-state index in [9.17, 15) is 40.7 Å². The van der Waals surface area contributed by atoms with E-state index in [1.807, 2.05) is 20.8 Å². The van der Waals surface area contributed by atoms with Gasteiger partial charge in [-0.15, -0.1) is 0 Å². The molecule has 47 heavy (non-hydrogen) atoms. The molecule has 2 fully saturated rings. The maximum Gasteiger partial charge on any atom is 0.391 e. The normalized spacial score (nSPS) is 19.8. The zero-order chi connectivity index (χ0) is 34.7. The monoisotopic (exact) mass is 686 g/mol. The van der Waals surface area contributed by atoms with Crippen LogP contribution in [0.2, 0.25) is 5.02 Å². The van der Waals surface area contributed by atoms with Crippen LogP contribution in [-0.2, 0) is 17.6 Å². The third-order valence-corrected chi connectivity index (χ3v) is 9.63. The largest absolute Gasteiger partial charge is 0.391 e. The third-order valence-electron chi connectivity index (χ3n) is 9.30. The number of rotatable bonds is 9. The van der Waals surface area contributed by atoms with E-state index in [-0.39, 0.29) is 85.8 Å². The molecule has 1 N–H and O–H groups in total. The average Bonchev–Trinajstić information content (AvgIpc) is 2.99. The Morgan fingerprint density at radius 1 is 0.787 bits per heavy atom. The van der Waals surface area contributed by atoms with Crippen LogP contribution in [0.5, 0.6) is 0 Å². The van der Waals surface area contributed by atoms with Gasteiger partial charge in [0.15, 0.2) is 5.78 Å². The second-order valence-electron chi connectivity index (χ2n) is 13.8. The smallest absolute Gasteiger partial charge is 0.371 e. The summed E-state index contributed by atoms with van der Waals surface area (Å²) in [4.78, 5) is 41.2. The fraction of sp³-hybridized carbons (Fsp3) is 0.571. The number of anilines is 1. The van der Waals surface area contributed by atoms with Crippen LogP contribution < -0.4 is 10.2 Å². The van der Waals surface area contributed by atoms with Gasteiger partial charge >= 0.3 is 12.4 Å². The van der Waals surface area contributed by atoms with Crippen molar-refractivity contribution in [2.45, 2.75) is 97.0 Å². The lowest BCUT2D eigenvalue weighted by molar-refractivity contribution is -0.182. The summed E-state index contributed by atoms with van der Waals surface area (Å²) in [7, 11) is 0. The number of piperidine rings is 1. The molecule has 0 spiro atoms. The van der Waals surface area contributed by atoms with E-state index >= 15 is 0 Å². The number of nitrogens with one attached hydrogen (secondary N) is 1. The second kappa shape index (κ2) is 14.6. The zero-order valence-corrected chi connectivity index (χ0v) is 27.5. The second-order valence-corrected chi connectivity index (χ2v) is 14.2. The Morgan fingerprint density at radius 2 is 1.34 bits per heavy atom. The lowest BCUT2D eigenvalue weighted by atomic mass is 9.85. The highest BCUT2D eigenvalue weighted by Crippen LogP contribution is 2.39. The first-order valence-electron chi connectivity index (χ1n) is 16.0. The molecule has 0 unspecified atom stereocenters. The molecular weight excluding hydrogens is 646 g/mol. The number of hydrogen-bond acceptors (Lipinski definition) is 4. The van der Waals surface area contributed by atoms with Gasteiger partial charge in [-0.05, 0) is 80.3 Å². The number of halogens is 7. The van der Waals surface area contributed by atoms with Crippen molar-refractivity contribution in [2.24, 2.45) is 17.3 Å². The van der Waals surface area contributed by atoms with E-state index in [2.05, 4.69) is 5.32 Å². The molecule has 4 rings (SSSR count). The van der Waals surface area contributed by atoms with Crippen molar-refractivity contribution < 1.29 is 40.7 Å². The van der Waals surface area contributed by atoms with Gasteiger partial charge in [-0.25, -0.2) is 0 Å². The van der Waals surface area contributed by atoms with Crippen molar-refractivity contribution in [1.29, 1.82) is 0 Å². The van der Waals surface area contributed by atoms with Gasteiger partial charge in [-0.2, -0.15) is 26.3 Å². The van der Waals surface area contributed by atoms with Crippen LogP contribution in [0.4, 0.5) is 32.0 Å². The molecular formula is C35H41ClF6N2O3. The molecule has 5 nitrogen and oxygen atoms in total. The van der Waals surface area contributed by atoms with Crippen molar-refractivity contribution in [1.82, 2.24) is 5.32 Å². The summed E-state index contributed by atoms with van der Waals surface area (Å²) >= 11 is 6.38. The third kappa shape index (κ3) is 9.74. The summed E-state index contributed by atoms with van der Waals surface area (Å²) in [5.74, 6) is -3.65. The van der Waals surface area contributed by atoms with E-state index in [0.717, 1.165) is 5.56 Å². The van der Waals surface area contributed by atoms with Gasteiger partial charge in [0.1, 0.15) is 5.78 Å². The Bertz CT molecular complexity index is 1450. The Labute approximate surface area is 276 Å². The molecule has 1 saturated carbocycles. The van der Waals surface area contributed by atoms with Gasteiger partial charge in [0.2, 0.25) is 0 Å². The Hall–Kier alpha value is -3.08. The SMILES string of the molecule is CC(C)(C)C(=O)CCc1ccc(Cl)c(C(=O)Cc2ccc(N3CCC(C(F)(F)F)CC3)c(C(=O)NC3CCC(C(F)(F)F)CC3)c2)c1. The van der Waals surface area contributed by atoms with Crippen molar-refractivity contribution in [3.8, 4) is 0 Å². The Kier molecular flexibility index (Phi) is 11.4. The van der Waals surface area contributed by atoms with E-state index in [0.29, 0.717) is 24.1 Å².